The fourth-order valence-electron chi connectivity index (χ4n) is 1.51. The maximum atomic E-state index is 3.27. The van der Waals surface area contributed by atoms with Crippen molar-refractivity contribution >= 4 is 0 Å². The lowest BCUT2D eigenvalue weighted by molar-refractivity contribution is 0.145. The second-order valence-electron chi connectivity index (χ2n) is 3.79. The highest BCUT2D eigenvalue weighted by atomic mass is 15.3. The minimum Gasteiger partial charge on any atom is -0.316 e. The summed E-state index contributed by atoms with van der Waals surface area (Å²) in [6, 6.07) is 0.619. The van der Waals surface area contributed by atoms with E-state index in [1.807, 2.05) is 20.9 Å². The largest absolute Gasteiger partial charge is 0.316 e. The summed E-state index contributed by atoms with van der Waals surface area (Å²) in [7, 11) is 4.22. The van der Waals surface area contributed by atoms with Crippen molar-refractivity contribution in [3.05, 3.63) is 0 Å². The van der Waals surface area contributed by atoms with Gasteiger partial charge in [0.2, 0.25) is 0 Å². The molecule has 1 N–H and O–H groups in total. The van der Waals surface area contributed by atoms with Crippen molar-refractivity contribution in [2.45, 2.75) is 26.8 Å². The average molecular weight is 201 g/mol. The molecule has 1 rings (SSSR count). The lowest BCUT2D eigenvalue weighted by Crippen LogP contribution is -2.48. The lowest BCUT2D eigenvalue weighted by atomic mass is 10.2. The van der Waals surface area contributed by atoms with E-state index in [1.54, 1.807) is 0 Å². The molecule has 0 aromatic heterocycles. The third-order valence-corrected chi connectivity index (χ3v) is 2.62. The molecular formula is C11H27N3. The van der Waals surface area contributed by atoms with Gasteiger partial charge in [-0.3, -0.25) is 4.90 Å². The van der Waals surface area contributed by atoms with Crippen LogP contribution in [0.3, 0.4) is 0 Å². The Hall–Kier alpha value is -0.120. The standard InChI is InChI=1S/C9H21N3.C2H6/c1-9(10-2)8-12-6-4-11(3)5-7-12;1-2/h9-10H,4-8H2,1-3H3;1-2H3. The highest BCUT2D eigenvalue weighted by Gasteiger charge is 2.14. The van der Waals surface area contributed by atoms with Gasteiger partial charge in [-0.1, -0.05) is 13.8 Å². The molecular weight excluding hydrogens is 174 g/mol. The van der Waals surface area contributed by atoms with Crippen molar-refractivity contribution in [3.63, 3.8) is 0 Å². The zero-order valence-electron chi connectivity index (χ0n) is 10.5. The Morgan fingerprint density at radius 1 is 1.14 bits per heavy atom. The topological polar surface area (TPSA) is 18.5 Å². The molecule has 3 nitrogen and oxygen atoms in total. The van der Waals surface area contributed by atoms with Gasteiger partial charge in [-0.15, -0.1) is 0 Å². The molecule has 1 unspecified atom stereocenters. The van der Waals surface area contributed by atoms with Crippen LogP contribution < -0.4 is 5.32 Å². The highest BCUT2D eigenvalue weighted by molar-refractivity contribution is 4.72. The highest BCUT2D eigenvalue weighted by Crippen LogP contribution is 1.99. The minimum atomic E-state index is 0.619. The van der Waals surface area contributed by atoms with Crippen LogP contribution in [0.15, 0.2) is 0 Å². The van der Waals surface area contributed by atoms with Gasteiger partial charge in [0, 0.05) is 38.8 Å². The predicted octanol–water partition coefficient (Wildman–Crippen LogP) is 0.868. The Balaban J connectivity index is 0.000000791. The third kappa shape index (κ3) is 5.58. The summed E-state index contributed by atoms with van der Waals surface area (Å²) in [4.78, 5) is 4.92. The second kappa shape index (κ2) is 8.21. The van der Waals surface area contributed by atoms with Crippen LogP contribution in [-0.4, -0.2) is 62.7 Å². The first kappa shape index (κ1) is 13.9. The number of likely N-dealkylation sites (N-methyl/N-ethyl adjacent to an activating group) is 2. The smallest absolute Gasteiger partial charge is 0.0163 e. The molecule has 1 atom stereocenters. The van der Waals surface area contributed by atoms with E-state index < -0.39 is 0 Å². The predicted molar refractivity (Wildman–Crippen MR) is 63.8 cm³/mol. The monoisotopic (exact) mass is 201 g/mol. The number of hydrogen-bond donors (Lipinski definition) is 1. The maximum absolute atomic E-state index is 3.27. The first-order valence-corrected chi connectivity index (χ1v) is 5.80. The van der Waals surface area contributed by atoms with Crippen LogP contribution in [0.1, 0.15) is 20.8 Å². The van der Waals surface area contributed by atoms with Crippen molar-refractivity contribution in [1.82, 2.24) is 15.1 Å². The molecule has 3 heteroatoms. The normalized spacial score (nSPS) is 21.2. The fourth-order valence-corrected chi connectivity index (χ4v) is 1.51. The third-order valence-electron chi connectivity index (χ3n) is 2.62. The SMILES string of the molecule is CC.CNC(C)CN1CCN(C)CC1. The number of nitrogens with one attached hydrogen (secondary N) is 1. The Labute approximate surface area is 89.5 Å². The molecule has 0 aromatic rings. The number of rotatable bonds is 3. The summed E-state index contributed by atoms with van der Waals surface area (Å²) in [5.41, 5.74) is 0. The zero-order valence-corrected chi connectivity index (χ0v) is 10.5. The molecule has 1 heterocycles. The molecule has 14 heavy (non-hydrogen) atoms. The molecule has 0 aliphatic carbocycles. The minimum absolute atomic E-state index is 0.619. The lowest BCUT2D eigenvalue weighted by Gasteiger charge is -2.33. The summed E-state index contributed by atoms with van der Waals surface area (Å²) in [5.74, 6) is 0. The van der Waals surface area contributed by atoms with Gasteiger partial charge < -0.3 is 10.2 Å². The van der Waals surface area contributed by atoms with Crippen LogP contribution in [0.25, 0.3) is 0 Å². The van der Waals surface area contributed by atoms with Crippen LogP contribution in [0.5, 0.6) is 0 Å². The Kier molecular flexibility index (Phi) is 8.14. The Bertz CT molecular complexity index is 120. The molecule has 1 saturated heterocycles. The van der Waals surface area contributed by atoms with Gasteiger partial charge in [-0.25, -0.2) is 0 Å². The molecule has 0 bridgehead atoms. The zero-order chi connectivity index (χ0) is 11.0. The van der Waals surface area contributed by atoms with E-state index in [2.05, 4.69) is 29.1 Å². The second-order valence-corrected chi connectivity index (χ2v) is 3.79. The first-order chi connectivity index (χ1) is 6.72. The van der Waals surface area contributed by atoms with Gasteiger partial charge in [0.15, 0.2) is 0 Å². The van der Waals surface area contributed by atoms with Crippen molar-refractivity contribution in [2.24, 2.45) is 0 Å². The fraction of sp³-hybridized carbons (Fsp3) is 1.00. The van der Waals surface area contributed by atoms with Crippen molar-refractivity contribution in [2.75, 3.05) is 46.8 Å². The van der Waals surface area contributed by atoms with Gasteiger partial charge in [-0.2, -0.15) is 0 Å². The summed E-state index contributed by atoms with van der Waals surface area (Å²) in [6.07, 6.45) is 0. The molecule has 0 saturated carbocycles. The molecule has 0 aromatic carbocycles. The van der Waals surface area contributed by atoms with Gasteiger partial charge in [-0.05, 0) is 21.0 Å². The number of nitrogens with zero attached hydrogens (tertiary/aromatic N) is 2. The molecule has 0 spiro atoms. The Morgan fingerprint density at radius 3 is 2.07 bits per heavy atom. The van der Waals surface area contributed by atoms with E-state index >= 15 is 0 Å². The van der Waals surface area contributed by atoms with Crippen LogP contribution in [0.2, 0.25) is 0 Å². The van der Waals surface area contributed by atoms with Crippen molar-refractivity contribution in [1.29, 1.82) is 0 Å². The Morgan fingerprint density at radius 2 is 1.64 bits per heavy atom. The quantitative estimate of drug-likeness (QED) is 0.731. The van der Waals surface area contributed by atoms with Gasteiger partial charge in [0.05, 0.1) is 0 Å². The van der Waals surface area contributed by atoms with Gasteiger partial charge in [0.1, 0.15) is 0 Å². The molecule has 1 fully saturated rings. The van der Waals surface area contributed by atoms with Crippen LogP contribution in [-0.2, 0) is 0 Å². The van der Waals surface area contributed by atoms with Crippen LogP contribution >= 0.6 is 0 Å². The first-order valence-electron chi connectivity index (χ1n) is 5.80. The van der Waals surface area contributed by atoms with Crippen LogP contribution in [0.4, 0.5) is 0 Å². The van der Waals surface area contributed by atoms with E-state index in [0.29, 0.717) is 6.04 Å². The van der Waals surface area contributed by atoms with Crippen molar-refractivity contribution in [3.8, 4) is 0 Å². The molecule has 0 radical (unpaired) electrons. The van der Waals surface area contributed by atoms with E-state index in [4.69, 9.17) is 0 Å². The number of piperazine rings is 1. The van der Waals surface area contributed by atoms with Crippen LogP contribution in [0, 0.1) is 0 Å². The average Bonchev–Trinajstić information content (AvgIpc) is 2.24. The molecule has 86 valence electrons. The summed E-state index contributed by atoms with van der Waals surface area (Å²) in [5, 5.41) is 3.27. The van der Waals surface area contributed by atoms with E-state index in [0.717, 1.165) is 0 Å². The van der Waals surface area contributed by atoms with Gasteiger partial charge in [0.25, 0.3) is 0 Å². The molecule has 1 aliphatic heterocycles. The summed E-state index contributed by atoms with van der Waals surface area (Å²) >= 11 is 0. The van der Waals surface area contributed by atoms with E-state index in [1.165, 1.54) is 32.7 Å². The van der Waals surface area contributed by atoms with Crippen molar-refractivity contribution < 1.29 is 0 Å². The summed E-state index contributed by atoms with van der Waals surface area (Å²) < 4.78 is 0. The number of hydrogen-bond acceptors (Lipinski definition) is 3. The van der Waals surface area contributed by atoms with E-state index in [9.17, 15) is 0 Å². The van der Waals surface area contributed by atoms with E-state index in [-0.39, 0.29) is 0 Å². The maximum Gasteiger partial charge on any atom is 0.0163 e. The molecule has 0 amide bonds. The molecule has 1 aliphatic rings. The summed E-state index contributed by atoms with van der Waals surface area (Å²) in [6.45, 7) is 12.3. The van der Waals surface area contributed by atoms with Gasteiger partial charge >= 0.3 is 0 Å².